The van der Waals surface area contributed by atoms with E-state index in [0.29, 0.717) is 12.8 Å². The number of amides is 1. The Hall–Kier alpha value is -1.13. The summed E-state index contributed by atoms with van der Waals surface area (Å²) >= 11 is 0. The van der Waals surface area contributed by atoms with Crippen LogP contribution in [0.3, 0.4) is 0 Å². The molecule has 1 saturated heterocycles. The summed E-state index contributed by atoms with van der Waals surface area (Å²) in [7, 11) is 0. The quantitative estimate of drug-likeness (QED) is 0.648. The fraction of sp³-hybridized carbons (Fsp3) is 0.750. The number of piperidine rings is 1. The molecule has 1 heterocycles. The highest BCUT2D eigenvalue weighted by atomic mass is 19.1. The van der Waals surface area contributed by atoms with Crippen LogP contribution in [0.25, 0.3) is 0 Å². The van der Waals surface area contributed by atoms with E-state index in [-0.39, 0.29) is 12.5 Å². The number of carboxylic acid groups (broad SMARTS) is 1. The normalized spacial score (nSPS) is 25.8. The third-order valence-corrected chi connectivity index (χ3v) is 2.22. The lowest BCUT2D eigenvalue weighted by Crippen LogP contribution is -2.47. The van der Waals surface area contributed by atoms with Crippen LogP contribution in [0.4, 0.5) is 4.39 Å². The van der Waals surface area contributed by atoms with Crippen LogP contribution >= 0.6 is 0 Å². The first-order valence-electron chi connectivity index (χ1n) is 4.21. The lowest BCUT2D eigenvalue weighted by atomic mass is 9.99. The highest BCUT2D eigenvalue weighted by Crippen LogP contribution is 2.19. The second kappa shape index (κ2) is 3.72. The van der Waals surface area contributed by atoms with Gasteiger partial charge < -0.3 is 10.0 Å². The number of nitrogens with zero attached hydrogens (tertiary/aromatic N) is 1. The number of carboxylic acids is 1. The molecule has 1 fully saturated rings. The third kappa shape index (κ3) is 1.96. The van der Waals surface area contributed by atoms with Gasteiger partial charge in [0.05, 0.1) is 0 Å². The standard InChI is InChI=1S/C8H12FNO3/c1-5-3-2-4-10(7(5)11)6(9)8(12)13/h5-6H,2-4H2,1H3,(H,12,13). The number of carbonyl (C=O) groups excluding carboxylic acids is 1. The van der Waals surface area contributed by atoms with Gasteiger partial charge in [0.25, 0.3) is 6.30 Å². The molecule has 0 saturated carbocycles. The van der Waals surface area contributed by atoms with Gasteiger partial charge in [0.15, 0.2) is 0 Å². The van der Waals surface area contributed by atoms with Crippen LogP contribution in [0.15, 0.2) is 0 Å². The molecule has 0 aromatic heterocycles. The molecule has 5 heteroatoms. The molecule has 2 atom stereocenters. The molecular formula is C8H12FNO3. The fourth-order valence-electron chi connectivity index (χ4n) is 1.44. The van der Waals surface area contributed by atoms with E-state index < -0.39 is 18.2 Å². The second-order valence-corrected chi connectivity index (χ2v) is 3.25. The van der Waals surface area contributed by atoms with Crippen molar-refractivity contribution in [3.05, 3.63) is 0 Å². The Balaban J connectivity index is 2.68. The molecular weight excluding hydrogens is 177 g/mol. The van der Waals surface area contributed by atoms with Crippen molar-refractivity contribution in [2.24, 2.45) is 5.92 Å². The van der Waals surface area contributed by atoms with Crippen molar-refractivity contribution in [2.45, 2.75) is 26.1 Å². The van der Waals surface area contributed by atoms with Crippen LogP contribution in [0.5, 0.6) is 0 Å². The first-order chi connectivity index (χ1) is 6.04. The van der Waals surface area contributed by atoms with Crippen LogP contribution in [0.2, 0.25) is 0 Å². The molecule has 0 aromatic rings. The van der Waals surface area contributed by atoms with E-state index in [1.807, 2.05) is 0 Å². The van der Waals surface area contributed by atoms with Gasteiger partial charge in [0.1, 0.15) is 0 Å². The van der Waals surface area contributed by atoms with Gasteiger partial charge in [0.2, 0.25) is 5.91 Å². The minimum Gasteiger partial charge on any atom is -0.478 e. The number of alkyl halides is 1. The largest absolute Gasteiger partial charge is 0.478 e. The van der Waals surface area contributed by atoms with Crippen molar-refractivity contribution >= 4 is 11.9 Å². The zero-order valence-electron chi connectivity index (χ0n) is 7.36. The molecule has 1 aliphatic rings. The van der Waals surface area contributed by atoms with Gasteiger partial charge in [-0.1, -0.05) is 6.92 Å². The number of hydrogen-bond acceptors (Lipinski definition) is 2. The number of likely N-dealkylation sites (tertiary alicyclic amines) is 1. The second-order valence-electron chi connectivity index (χ2n) is 3.25. The van der Waals surface area contributed by atoms with Gasteiger partial charge in [-0.2, -0.15) is 0 Å². The zero-order valence-corrected chi connectivity index (χ0v) is 7.36. The molecule has 1 amide bonds. The Kier molecular flexibility index (Phi) is 2.85. The maximum absolute atomic E-state index is 12.9. The zero-order chi connectivity index (χ0) is 10.0. The lowest BCUT2D eigenvalue weighted by molar-refractivity contribution is -0.161. The molecule has 0 bridgehead atoms. The van der Waals surface area contributed by atoms with Crippen molar-refractivity contribution in [3.8, 4) is 0 Å². The highest BCUT2D eigenvalue weighted by Gasteiger charge is 2.34. The first kappa shape index (κ1) is 9.95. The molecule has 4 nitrogen and oxygen atoms in total. The maximum atomic E-state index is 12.9. The summed E-state index contributed by atoms with van der Waals surface area (Å²) in [4.78, 5) is 22.4. The van der Waals surface area contributed by atoms with Crippen LogP contribution in [0.1, 0.15) is 19.8 Å². The van der Waals surface area contributed by atoms with Gasteiger partial charge in [-0.25, -0.2) is 9.18 Å². The minimum atomic E-state index is -2.18. The van der Waals surface area contributed by atoms with Gasteiger partial charge in [-0.15, -0.1) is 0 Å². The average Bonchev–Trinajstić information content (AvgIpc) is 2.08. The summed E-state index contributed by atoms with van der Waals surface area (Å²) in [5.41, 5.74) is 0. The highest BCUT2D eigenvalue weighted by molar-refractivity contribution is 5.84. The van der Waals surface area contributed by atoms with E-state index >= 15 is 0 Å². The summed E-state index contributed by atoms with van der Waals surface area (Å²) < 4.78 is 12.9. The van der Waals surface area contributed by atoms with E-state index in [0.717, 1.165) is 4.90 Å². The number of aliphatic carboxylic acids is 1. The molecule has 0 aliphatic carbocycles. The predicted octanol–water partition coefficient (Wildman–Crippen LogP) is 0.625. The Labute approximate surface area is 75.3 Å². The molecule has 1 N–H and O–H groups in total. The Morgan fingerprint density at radius 1 is 1.77 bits per heavy atom. The van der Waals surface area contributed by atoms with E-state index in [1.165, 1.54) is 0 Å². The van der Waals surface area contributed by atoms with Crippen LogP contribution < -0.4 is 0 Å². The summed E-state index contributed by atoms with van der Waals surface area (Å²) in [5.74, 6) is -2.25. The predicted molar refractivity (Wildman–Crippen MR) is 42.6 cm³/mol. The van der Waals surface area contributed by atoms with Gasteiger partial charge >= 0.3 is 5.97 Å². The maximum Gasteiger partial charge on any atom is 0.359 e. The SMILES string of the molecule is CC1CCCN(C(F)C(=O)O)C1=O. The van der Waals surface area contributed by atoms with E-state index in [2.05, 4.69) is 0 Å². The monoisotopic (exact) mass is 189 g/mol. The van der Waals surface area contributed by atoms with Crippen molar-refractivity contribution in [2.75, 3.05) is 6.54 Å². The molecule has 1 aliphatic heterocycles. The van der Waals surface area contributed by atoms with E-state index in [4.69, 9.17) is 5.11 Å². The molecule has 0 spiro atoms. The van der Waals surface area contributed by atoms with Crippen molar-refractivity contribution in [3.63, 3.8) is 0 Å². The summed E-state index contributed by atoms with van der Waals surface area (Å²) in [6.45, 7) is 1.89. The lowest BCUT2D eigenvalue weighted by Gasteiger charge is -2.31. The molecule has 0 aromatic carbocycles. The summed E-state index contributed by atoms with van der Waals surface area (Å²) in [5, 5.41) is 8.37. The van der Waals surface area contributed by atoms with Gasteiger partial charge in [-0.05, 0) is 12.8 Å². The smallest absolute Gasteiger partial charge is 0.359 e. The van der Waals surface area contributed by atoms with Crippen molar-refractivity contribution < 1.29 is 19.1 Å². The number of rotatable bonds is 2. The number of carbonyl (C=O) groups is 2. The Bertz CT molecular complexity index is 231. The van der Waals surface area contributed by atoms with Gasteiger partial charge in [0, 0.05) is 12.5 Å². The fourth-order valence-corrected chi connectivity index (χ4v) is 1.44. The average molecular weight is 189 g/mol. The number of hydrogen-bond donors (Lipinski definition) is 1. The molecule has 74 valence electrons. The molecule has 13 heavy (non-hydrogen) atoms. The van der Waals surface area contributed by atoms with Crippen molar-refractivity contribution in [1.29, 1.82) is 0 Å². The van der Waals surface area contributed by atoms with E-state index in [1.54, 1.807) is 6.92 Å². The van der Waals surface area contributed by atoms with Crippen LogP contribution in [-0.2, 0) is 9.59 Å². The summed E-state index contributed by atoms with van der Waals surface area (Å²) in [6, 6.07) is 0. The minimum absolute atomic E-state index is 0.205. The molecule has 2 unspecified atom stereocenters. The number of halogens is 1. The van der Waals surface area contributed by atoms with Crippen LogP contribution in [0, 0.1) is 5.92 Å². The molecule has 0 radical (unpaired) electrons. The van der Waals surface area contributed by atoms with Crippen LogP contribution in [-0.4, -0.2) is 34.7 Å². The Morgan fingerprint density at radius 2 is 2.38 bits per heavy atom. The topological polar surface area (TPSA) is 57.6 Å². The van der Waals surface area contributed by atoms with Gasteiger partial charge in [-0.3, -0.25) is 4.79 Å². The molecule has 1 rings (SSSR count). The Morgan fingerprint density at radius 3 is 2.92 bits per heavy atom. The van der Waals surface area contributed by atoms with Crippen molar-refractivity contribution in [1.82, 2.24) is 4.90 Å². The van der Waals surface area contributed by atoms with E-state index in [9.17, 15) is 14.0 Å². The summed E-state index contributed by atoms with van der Waals surface area (Å²) in [6.07, 6.45) is -0.808. The first-order valence-corrected chi connectivity index (χ1v) is 4.21. The third-order valence-electron chi connectivity index (χ3n) is 2.22.